The van der Waals surface area contributed by atoms with Crippen LogP contribution in [-0.4, -0.2) is 32.5 Å². The van der Waals surface area contributed by atoms with Gasteiger partial charge in [-0.05, 0) is 53.9 Å². The molecule has 0 unspecified atom stereocenters. The Labute approximate surface area is 190 Å². The van der Waals surface area contributed by atoms with Crippen LogP contribution in [-0.2, 0) is 12.8 Å². The Kier molecular flexibility index (Phi) is 6.53. The van der Waals surface area contributed by atoms with E-state index in [4.69, 9.17) is 14.5 Å². The molecule has 0 saturated carbocycles. The zero-order chi connectivity index (χ0) is 23.4. The van der Waals surface area contributed by atoms with E-state index in [0.717, 1.165) is 29.3 Å². The average Bonchev–Trinajstić information content (AvgIpc) is 2.81. The van der Waals surface area contributed by atoms with Crippen molar-refractivity contribution in [3.63, 3.8) is 0 Å². The topological polar surface area (TPSA) is 72.0 Å². The number of rotatable bonds is 6. The van der Waals surface area contributed by atoms with Gasteiger partial charge in [-0.1, -0.05) is 12.1 Å². The van der Waals surface area contributed by atoms with Gasteiger partial charge in [0, 0.05) is 36.0 Å². The van der Waals surface area contributed by atoms with Crippen LogP contribution in [0.3, 0.4) is 0 Å². The Morgan fingerprint density at radius 1 is 0.970 bits per heavy atom. The van der Waals surface area contributed by atoms with Crippen molar-refractivity contribution in [1.29, 1.82) is 0 Å². The van der Waals surface area contributed by atoms with Gasteiger partial charge in [0.1, 0.15) is 11.6 Å². The lowest BCUT2D eigenvalue weighted by atomic mass is 9.93. The first-order valence-electron chi connectivity index (χ1n) is 10.4. The van der Waals surface area contributed by atoms with Gasteiger partial charge in [0.2, 0.25) is 0 Å². The minimum absolute atomic E-state index is 0.105. The Bertz CT molecular complexity index is 1210. The highest BCUT2D eigenvalue weighted by atomic mass is 19.1. The van der Waals surface area contributed by atoms with Crippen molar-refractivity contribution in [3.8, 4) is 11.5 Å². The fraction of sp³-hybridized carbons (Fsp3) is 0.200. The summed E-state index contributed by atoms with van der Waals surface area (Å²) in [7, 11) is 3.23. The fourth-order valence-electron chi connectivity index (χ4n) is 3.72. The number of urea groups is 1. The molecule has 0 aliphatic carbocycles. The third-order valence-electron chi connectivity index (χ3n) is 5.37. The summed E-state index contributed by atoms with van der Waals surface area (Å²) >= 11 is 0. The molecule has 0 radical (unpaired) electrons. The molecule has 0 spiro atoms. The summed E-state index contributed by atoms with van der Waals surface area (Å²) < 4.78 is 37.6. The lowest BCUT2D eigenvalue weighted by molar-refractivity contribution is 0.262. The van der Waals surface area contributed by atoms with Crippen molar-refractivity contribution >= 4 is 23.1 Å². The second kappa shape index (κ2) is 9.68. The van der Waals surface area contributed by atoms with Crippen LogP contribution in [0.15, 0.2) is 59.6 Å². The Balaban J connectivity index is 1.43. The molecule has 1 heterocycles. The molecule has 2 amide bonds. The zero-order valence-electron chi connectivity index (χ0n) is 18.2. The molecule has 8 heteroatoms. The number of methoxy groups -OCH3 is 2. The maximum absolute atomic E-state index is 13.7. The molecule has 0 saturated heterocycles. The summed E-state index contributed by atoms with van der Waals surface area (Å²) in [6, 6.07) is 13.6. The first kappa shape index (κ1) is 22.3. The number of amides is 2. The van der Waals surface area contributed by atoms with E-state index in [-0.39, 0.29) is 5.69 Å². The van der Waals surface area contributed by atoms with E-state index in [1.54, 1.807) is 26.4 Å². The lowest BCUT2D eigenvalue weighted by Gasteiger charge is -2.20. The van der Waals surface area contributed by atoms with Crippen LogP contribution in [0, 0.1) is 11.6 Å². The molecule has 33 heavy (non-hydrogen) atoms. The van der Waals surface area contributed by atoms with Gasteiger partial charge >= 0.3 is 6.03 Å². The molecule has 2 N–H and O–H groups in total. The molecule has 1 aliphatic rings. The number of ether oxygens (including phenoxy) is 2. The average molecular weight is 451 g/mol. The van der Waals surface area contributed by atoms with E-state index in [2.05, 4.69) is 10.6 Å². The normalized spacial score (nSPS) is 12.4. The van der Waals surface area contributed by atoms with Gasteiger partial charge in [0.25, 0.3) is 0 Å². The van der Waals surface area contributed by atoms with Crippen LogP contribution in [0.25, 0.3) is 0 Å². The van der Waals surface area contributed by atoms with Gasteiger partial charge in [-0.25, -0.2) is 13.6 Å². The summed E-state index contributed by atoms with van der Waals surface area (Å²) in [6.45, 7) is 0.706. The van der Waals surface area contributed by atoms with Gasteiger partial charge in [-0.3, -0.25) is 4.99 Å². The van der Waals surface area contributed by atoms with E-state index < -0.39 is 17.7 Å². The van der Waals surface area contributed by atoms with Crippen molar-refractivity contribution in [2.45, 2.75) is 12.8 Å². The number of benzene rings is 3. The highest BCUT2D eigenvalue weighted by Gasteiger charge is 2.19. The molecule has 6 nitrogen and oxygen atoms in total. The van der Waals surface area contributed by atoms with Crippen molar-refractivity contribution < 1.29 is 23.0 Å². The largest absolute Gasteiger partial charge is 0.493 e. The van der Waals surface area contributed by atoms with Crippen LogP contribution in [0.4, 0.5) is 25.0 Å². The molecule has 0 aromatic heterocycles. The first-order chi connectivity index (χ1) is 16.0. The quantitative estimate of drug-likeness (QED) is 0.540. The van der Waals surface area contributed by atoms with Crippen LogP contribution in [0.1, 0.15) is 16.7 Å². The summed E-state index contributed by atoms with van der Waals surface area (Å²) in [6.07, 6.45) is 1.46. The smallest absolute Gasteiger partial charge is 0.323 e. The SMILES string of the molecule is COc1cc2c(cc1OC)C(Cc1ccc(NC(=O)Nc3ccc(F)cc3F)cc1)=NCC2. The van der Waals surface area contributed by atoms with Crippen molar-refractivity contribution in [2.75, 3.05) is 31.4 Å². The highest BCUT2D eigenvalue weighted by molar-refractivity contribution is 6.04. The zero-order valence-corrected chi connectivity index (χ0v) is 18.2. The molecule has 3 aromatic rings. The number of anilines is 2. The second-order valence-corrected chi connectivity index (χ2v) is 7.52. The maximum atomic E-state index is 13.7. The van der Waals surface area contributed by atoms with Gasteiger partial charge < -0.3 is 20.1 Å². The van der Waals surface area contributed by atoms with Gasteiger partial charge in [0.15, 0.2) is 11.5 Å². The number of nitrogens with zero attached hydrogens (tertiary/aromatic N) is 1. The van der Waals surface area contributed by atoms with E-state index in [0.29, 0.717) is 36.2 Å². The van der Waals surface area contributed by atoms with Crippen LogP contribution >= 0.6 is 0 Å². The van der Waals surface area contributed by atoms with Crippen molar-refractivity contribution in [1.82, 2.24) is 0 Å². The molecular formula is C25H23F2N3O3. The van der Waals surface area contributed by atoms with Crippen LogP contribution in [0.5, 0.6) is 11.5 Å². The van der Waals surface area contributed by atoms with E-state index >= 15 is 0 Å². The molecule has 0 atom stereocenters. The number of carbonyl (C=O) groups excluding carboxylic acids is 1. The number of fused-ring (bicyclic) bond motifs is 1. The summed E-state index contributed by atoms with van der Waals surface area (Å²) in [5.74, 6) is -0.194. The minimum atomic E-state index is -0.844. The van der Waals surface area contributed by atoms with Gasteiger partial charge in [0.05, 0.1) is 19.9 Å². The van der Waals surface area contributed by atoms with Gasteiger partial charge in [-0.2, -0.15) is 0 Å². The number of nitrogens with one attached hydrogen (secondary N) is 2. The standard InChI is InChI=1S/C25H23F2N3O3/c1-32-23-12-16-9-10-28-22(19(16)14-24(23)33-2)11-15-3-6-18(7-4-15)29-25(31)30-21-8-5-17(26)13-20(21)27/h3-8,12-14H,9-11H2,1-2H3,(H2,29,30,31). The Morgan fingerprint density at radius 3 is 2.39 bits per heavy atom. The number of hydrogen-bond donors (Lipinski definition) is 2. The maximum Gasteiger partial charge on any atom is 0.323 e. The number of aliphatic imine (C=N–C) groups is 1. The third kappa shape index (κ3) is 5.11. The van der Waals surface area contributed by atoms with E-state index in [9.17, 15) is 13.6 Å². The van der Waals surface area contributed by atoms with Gasteiger partial charge in [-0.15, -0.1) is 0 Å². The lowest BCUT2D eigenvalue weighted by Crippen LogP contribution is -2.20. The van der Waals surface area contributed by atoms with Crippen LogP contribution < -0.4 is 20.1 Å². The van der Waals surface area contributed by atoms with Crippen LogP contribution in [0.2, 0.25) is 0 Å². The summed E-state index contributed by atoms with van der Waals surface area (Å²) in [5.41, 5.74) is 4.62. The first-order valence-corrected chi connectivity index (χ1v) is 10.4. The number of hydrogen-bond acceptors (Lipinski definition) is 4. The molecular weight excluding hydrogens is 428 g/mol. The monoisotopic (exact) mass is 451 g/mol. The van der Waals surface area contributed by atoms with Crippen molar-refractivity contribution in [3.05, 3.63) is 82.9 Å². The van der Waals surface area contributed by atoms with Crippen molar-refractivity contribution in [2.24, 2.45) is 4.99 Å². The minimum Gasteiger partial charge on any atom is -0.493 e. The van der Waals surface area contributed by atoms with E-state index in [1.807, 2.05) is 24.3 Å². The Hall–Kier alpha value is -3.94. The predicted octanol–water partition coefficient (Wildman–Crippen LogP) is 5.21. The molecule has 3 aromatic carbocycles. The highest BCUT2D eigenvalue weighted by Crippen LogP contribution is 2.33. The predicted molar refractivity (Wildman–Crippen MR) is 124 cm³/mol. The second-order valence-electron chi connectivity index (χ2n) is 7.52. The molecule has 0 fully saturated rings. The molecule has 1 aliphatic heterocycles. The molecule has 0 bridgehead atoms. The summed E-state index contributed by atoms with van der Waals surface area (Å²) in [5, 5.41) is 5.00. The molecule has 4 rings (SSSR count). The Morgan fingerprint density at radius 2 is 1.70 bits per heavy atom. The molecule has 170 valence electrons. The fourth-order valence-corrected chi connectivity index (χ4v) is 3.72. The number of carbonyl (C=O) groups is 1. The number of halogens is 2. The summed E-state index contributed by atoms with van der Waals surface area (Å²) in [4.78, 5) is 16.9. The third-order valence-corrected chi connectivity index (χ3v) is 5.37. The van der Waals surface area contributed by atoms with E-state index in [1.165, 1.54) is 11.6 Å².